The zero-order valence-electron chi connectivity index (χ0n) is 14.9. The minimum Gasteiger partial charge on any atom is -0.491 e. The van der Waals surface area contributed by atoms with Crippen LogP contribution in [0.25, 0.3) is 0 Å². The van der Waals surface area contributed by atoms with Crippen LogP contribution in [0.15, 0.2) is 60.9 Å². The maximum Gasteiger partial charge on any atom is 0.246 e. The monoisotopic (exact) mass is 372 g/mol. The Morgan fingerprint density at radius 3 is 2.68 bits per heavy atom. The van der Waals surface area contributed by atoms with Crippen molar-refractivity contribution in [1.82, 2.24) is 4.98 Å². The van der Waals surface area contributed by atoms with Crippen molar-refractivity contribution in [3.8, 4) is 17.2 Å². The van der Waals surface area contributed by atoms with Crippen LogP contribution in [-0.2, 0) is 16.8 Å². The van der Waals surface area contributed by atoms with Gasteiger partial charge >= 0.3 is 0 Å². The van der Waals surface area contributed by atoms with E-state index >= 15 is 0 Å². The SMILES string of the molecule is O=C1N(Cc2cccnc2)c2ccccc2C12COc1cc3c(cc12)OCO3. The zero-order chi connectivity index (χ0) is 18.7. The van der Waals surface area contributed by atoms with E-state index in [-0.39, 0.29) is 19.3 Å². The molecule has 6 heteroatoms. The van der Waals surface area contributed by atoms with Crippen molar-refractivity contribution in [2.24, 2.45) is 0 Å². The van der Waals surface area contributed by atoms with Crippen molar-refractivity contribution >= 4 is 11.6 Å². The van der Waals surface area contributed by atoms with E-state index < -0.39 is 5.41 Å². The first kappa shape index (κ1) is 15.5. The average molecular weight is 372 g/mol. The summed E-state index contributed by atoms with van der Waals surface area (Å²) in [7, 11) is 0. The number of aromatic nitrogens is 1. The van der Waals surface area contributed by atoms with Gasteiger partial charge in [-0.05, 0) is 29.3 Å². The first-order valence-electron chi connectivity index (χ1n) is 9.15. The number of hydrogen-bond acceptors (Lipinski definition) is 5. The van der Waals surface area contributed by atoms with Gasteiger partial charge in [-0.1, -0.05) is 24.3 Å². The molecular formula is C22H16N2O4. The van der Waals surface area contributed by atoms with E-state index in [4.69, 9.17) is 14.2 Å². The van der Waals surface area contributed by atoms with Gasteiger partial charge in [0.15, 0.2) is 11.5 Å². The fraction of sp³-hybridized carbons (Fsp3) is 0.182. The number of fused-ring (bicyclic) bond motifs is 5. The van der Waals surface area contributed by atoms with E-state index in [9.17, 15) is 4.79 Å². The summed E-state index contributed by atoms with van der Waals surface area (Å²) in [4.78, 5) is 19.8. The lowest BCUT2D eigenvalue weighted by atomic mass is 9.77. The van der Waals surface area contributed by atoms with Crippen molar-refractivity contribution in [3.63, 3.8) is 0 Å². The molecule has 1 unspecified atom stereocenters. The molecule has 1 spiro atoms. The van der Waals surface area contributed by atoms with E-state index in [1.54, 1.807) is 12.4 Å². The number of anilines is 1. The van der Waals surface area contributed by atoms with Crippen molar-refractivity contribution < 1.29 is 19.0 Å². The van der Waals surface area contributed by atoms with E-state index in [2.05, 4.69) is 4.98 Å². The Bertz CT molecular complexity index is 1110. The molecule has 0 N–H and O–H groups in total. The van der Waals surface area contributed by atoms with Crippen LogP contribution < -0.4 is 19.1 Å². The number of nitrogens with zero attached hydrogens (tertiary/aromatic N) is 2. The Morgan fingerprint density at radius 2 is 1.82 bits per heavy atom. The number of amides is 1. The van der Waals surface area contributed by atoms with Crippen LogP contribution in [0.3, 0.4) is 0 Å². The molecule has 0 bridgehead atoms. The second-order valence-electron chi connectivity index (χ2n) is 7.17. The number of pyridine rings is 1. The maximum atomic E-state index is 13.8. The van der Waals surface area contributed by atoms with Gasteiger partial charge in [0.2, 0.25) is 12.7 Å². The first-order valence-corrected chi connectivity index (χ1v) is 9.15. The van der Waals surface area contributed by atoms with Crippen molar-refractivity contribution in [3.05, 3.63) is 77.6 Å². The highest BCUT2D eigenvalue weighted by molar-refractivity contribution is 6.11. The number of rotatable bonds is 2. The Morgan fingerprint density at radius 1 is 0.964 bits per heavy atom. The van der Waals surface area contributed by atoms with Gasteiger partial charge in [0, 0.05) is 29.7 Å². The number of para-hydroxylation sites is 1. The highest BCUT2D eigenvalue weighted by Gasteiger charge is 2.57. The first-order chi connectivity index (χ1) is 13.8. The summed E-state index contributed by atoms with van der Waals surface area (Å²) in [5, 5.41) is 0. The molecule has 1 atom stereocenters. The topological polar surface area (TPSA) is 60.9 Å². The summed E-state index contributed by atoms with van der Waals surface area (Å²) in [5.41, 5.74) is 2.82. The fourth-order valence-electron chi connectivity index (χ4n) is 4.40. The van der Waals surface area contributed by atoms with E-state index in [0.29, 0.717) is 23.8 Å². The standard InChI is InChI=1S/C22H16N2O4/c25-21-22(12-26-18-9-20-19(8-16(18)22)27-13-28-20)15-5-1-2-6-17(15)24(21)11-14-4-3-7-23-10-14/h1-10H,11-13H2. The van der Waals surface area contributed by atoms with Crippen molar-refractivity contribution in [1.29, 1.82) is 0 Å². The molecule has 0 saturated carbocycles. The van der Waals surface area contributed by atoms with Gasteiger partial charge in [-0.2, -0.15) is 0 Å². The maximum absolute atomic E-state index is 13.8. The smallest absolute Gasteiger partial charge is 0.246 e. The molecule has 3 aliphatic heterocycles. The number of carbonyl (C=O) groups is 1. The number of carbonyl (C=O) groups excluding carboxylic acids is 1. The van der Waals surface area contributed by atoms with Gasteiger partial charge in [0.1, 0.15) is 17.8 Å². The highest BCUT2D eigenvalue weighted by Crippen LogP contribution is 2.55. The van der Waals surface area contributed by atoms with Gasteiger partial charge in [0.05, 0.1) is 6.54 Å². The predicted molar refractivity (Wildman–Crippen MR) is 101 cm³/mol. The highest BCUT2D eigenvalue weighted by atomic mass is 16.7. The molecule has 4 heterocycles. The number of ether oxygens (including phenoxy) is 3. The number of benzene rings is 2. The molecule has 1 aromatic heterocycles. The quantitative estimate of drug-likeness (QED) is 0.692. The predicted octanol–water partition coefficient (Wildman–Crippen LogP) is 3.04. The van der Waals surface area contributed by atoms with Crippen LogP contribution >= 0.6 is 0 Å². The molecule has 6 nitrogen and oxygen atoms in total. The molecule has 0 saturated heterocycles. The average Bonchev–Trinajstić information content (AvgIpc) is 3.40. The fourth-order valence-corrected chi connectivity index (χ4v) is 4.40. The largest absolute Gasteiger partial charge is 0.491 e. The van der Waals surface area contributed by atoms with E-state index in [1.807, 2.05) is 53.4 Å². The number of hydrogen-bond donors (Lipinski definition) is 0. The van der Waals surface area contributed by atoms with E-state index in [1.165, 1.54) is 0 Å². The van der Waals surface area contributed by atoms with Crippen LogP contribution in [0, 0.1) is 0 Å². The van der Waals surface area contributed by atoms with Crippen LogP contribution in [0.4, 0.5) is 5.69 Å². The molecule has 0 aliphatic carbocycles. The Hall–Kier alpha value is -3.54. The minimum atomic E-state index is -0.866. The summed E-state index contributed by atoms with van der Waals surface area (Å²) in [6.07, 6.45) is 3.52. The molecule has 0 radical (unpaired) electrons. The second-order valence-corrected chi connectivity index (χ2v) is 7.17. The third-order valence-corrected chi connectivity index (χ3v) is 5.71. The third kappa shape index (κ3) is 1.92. The van der Waals surface area contributed by atoms with Crippen LogP contribution in [-0.4, -0.2) is 24.3 Å². The summed E-state index contributed by atoms with van der Waals surface area (Å²) in [6.45, 7) is 0.916. The van der Waals surface area contributed by atoms with Crippen LogP contribution in [0.1, 0.15) is 16.7 Å². The molecule has 28 heavy (non-hydrogen) atoms. The molecule has 6 rings (SSSR count). The van der Waals surface area contributed by atoms with Crippen molar-refractivity contribution in [2.75, 3.05) is 18.3 Å². The summed E-state index contributed by atoms with van der Waals surface area (Å²) in [6, 6.07) is 15.5. The molecule has 3 aromatic rings. The van der Waals surface area contributed by atoms with Gasteiger partial charge in [-0.15, -0.1) is 0 Å². The van der Waals surface area contributed by atoms with Crippen LogP contribution in [0.2, 0.25) is 0 Å². The van der Waals surface area contributed by atoms with Crippen molar-refractivity contribution in [2.45, 2.75) is 12.0 Å². The lowest BCUT2D eigenvalue weighted by Crippen LogP contribution is -2.42. The Balaban J connectivity index is 1.52. The van der Waals surface area contributed by atoms with Gasteiger partial charge in [-0.3, -0.25) is 9.78 Å². The van der Waals surface area contributed by atoms with E-state index in [0.717, 1.165) is 22.4 Å². The van der Waals surface area contributed by atoms with Gasteiger partial charge in [-0.25, -0.2) is 0 Å². The van der Waals surface area contributed by atoms with Crippen LogP contribution in [0.5, 0.6) is 17.2 Å². The third-order valence-electron chi connectivity index (χ3n) is 5.71. The lowest BCUT2D eigenvalue weighted by molar-refractivity contribution is -0.122. The minimum absolute atomic E-state index is 0.00942. The Labute approximate surface area is 161 Å². The molecule has 0 fully saturated rings. The lowest BCUT2D eigenvalue weighted by Gasteiger charge is -2.23. The molecule has 2 aromatic carbocycles. The zero-order valence-corrected chi connectivity index (χ0v) is 14.9. The summed E-state index contributed by atoms with van der Waals surface area (Å²) in [5.74, 6) is 1.99. The molecule has 3 aliphatic rings. The van der Waals surface area contributed by atoms with Gasteiger partial charge < -0.3 is 19.1 Å². The van der Waals surface area contributed by atoms with Gasteiger partial charge in [0.25, 0.3) is 0 Å². The summed E-state index contributed by atoms with van der Waals surface area (Å²) < 4.78 is 17.0. The molecular weight excluding hydrogens is 356 g/mol. The second kappa shape index (κ2) is 5.48. The Kier molecular flexibility index (Phi) is 3.04. The summed E-state index contributed by atoms with van der Waals surface area (Å²) >= 11 is 0. The molecule has 1 amide bonds. The normalized spacial score (nSPS) is 21.0. The molecule has 138 valence electrons.